The van der Waals surface area contributed by atoms with Crippen LogP contribution in [0.4, 0.5) is 17.6 Å². The van der Waals surface area contributed by atoms with Gasteiger partial charge in [-0.1, -0.05) is 53.2 Å². The van der Waals surface area contributed by atoms with Gasteiger partial charge in [0, 0.05) is 0 Å². The second-order valence-corrected chi connectivity index (χ2v) is 5.61. The first-order chi connectivity index (χ1) is 9.82. The molecule has 0 aliphatic heterocycles. The van der Waals surface area contributed by atoms with Gasteiger partial charge >= 0.3 is 6.18 Å². The lowest BCUT2D eigenvalue weighted by atomic mass is 10.0. The molecular weight excluding hydrogens is 348 g/mol. The first-order valence-electron chi connectivity index (χ1n) is 6.42. The van der Waals surface area contributed by atoms with E-state index < -0.39 is 22.4 Å². The monoisotopic (exact) mass is 360 g/mol. The molecule has 0 nitrogen and oxygen atoms in total. The summed E-state index contributed by atoms with van der Waals surface area (Å²) in [5.41, 5.74) is 1.10. The maximum atomic E-state index is 13.3. The highest BCUT2D eigenvalue weighted by molar-refractivity contribution is 9.09. The van der Waals surface area contributed by atoms with Gasteiger partial charge in [-0.25, -0.2) is 4.39 Å². The van der Waals surface area contributed by atoms with Crippen molar-refractivity contribution in [1.29, 1.82) is 0 Å². The van der Waals surface area contributed by atoms with Gasteiger partial charge in [-0.05, 0) is 35.2 Å². The fraction of sp³-hybridized carbons (Fsp3) is 0.250. The largest absolute Gasteiger partial charge is 0.419 e. The van der Waals surface area contributed by atoms with Crippen LogP contribution in [0.5, 0.6) is 0 Å². The summed E-state index contributed by atoms with van der Waals surface area (Å²) in [7, 11) is 0. The third-order valence-electron chi connectivity index (χ3n) is 3.27. The summed E-state index contributed by atoms with van der Waals surface area (Å²) >= 11 is 3.38. The predicted molar refractivity (Wildman–Crippen MR) is 78.0 cm³/mol. The van der Waals surface area contributed by atoms with Gasteiger partial charge in [0.15, 0.2) is 0 Å². The summed E-state index contributed by atoms with van der Waals surface area (Å²) in [6.45, 7) is 2.02. The van der Waals surface area contributed by atoms with E-state index in [9.17, 15) is 17.6 Å². The molecule has 0 bridgehead atoms. The van der Waals surface area contributed by atoms with Gasteiger partial charge in [-0.3, -0.25) is 0 Å². The van der Waals surface area contributed by atoms with Gasteiger partial charge in [0.05, 0.1) is 10.4 Å². The van der Waals surface area contributed by atoms with Crippen molar-refractivity contribution >= 4 is 15.9 Å². The molecule has 0 radical (unpaired) electrons. The van der Waals surface area contributed by atoms with E-state index >= 15 is 0 Å². The number of rotatable bonds is 3. The van der Waals surface area contributed by atoms with Crippen LogP contribution in [0.2, 0.25) is 0 Å². The minimum Gasteiger partial charge on any atom is -0.206 e. The Balaban J connectivity index is 2.36. The minimum absolute atomic E-state index is 0.368. The zero-order valence-electron chi connectivity index (χ0n) is 11.2. The van der Waals surface area contributed by atoms with E-state index in [0.29, 0.717) is 5.56 Å². The molecule has 0 heterocycles. The molecule has 0 N–H and O–H groups in total. The Morgan fingerprint density at radius 3 is 2.10 bits per heavy atom. The molecule has 0 saturated carbocycles. The normalized spacial score (nSPS) is 13.2. The second-order valence-electron chi connectivity index (χ2n) is 4.69. The van der Waals surface area contributed by atoms with Crippen LogP contribution in [0, 0.1) is 5.82 Å². The molecule has 0 aliphatic carbocycles. The number of aryl methyl sites for hydroxylation is 1. The number of benzene rings is 2. The molecule has 0 spiro atoms. The van der Waals surface area contributed by atoms with E-state index in [1.54, 1.807) is 0 Å². The highest BCUT2D eigenvalue weighted by Gasteiger charge is 2.34. The Morgan fingerprint density at radius 1 is 1.00 bits per heavy atom. The third kappa shape index (κ3) is 3.64. The first-order valence-corrected chi connectivity index (χ1v) is 7.34. The van der Waals surface area contributed by atoms with Gasteiger partial charge in [0.25, 0.3) is 0 Å². The van der Waals surface area contributed by atoms with Crippen molar-refractivity contribution in [3.8, 4) is 0 Å². The van der Waals surface area contributed by atoms with Gasteiger partial charge < -0.3 is 0 Å². The fourth-order valence-electron chi connectivity index (χ4n) is 2.03. The van der Waals surface area contributed by atoms with Crippen LogP contribution in [-0.4, -0.2) is 0 Å². The standard InChI is InChI=1S/C16H13BrF4/c1-2-10-3-5-11(6-4-10)15(17)12-7-8-14(18)13(9-12)16(19,20)21/h3-9,15H,2H2,1H3. The summed E-state index contributed by atoms with van der Waals surface area (Å²) in [5.74, 6) is -1.26. The first kappa shape index (κ1) is 16.0. The van der Waals surface area contributed by atoms with Crippen molar-refractivity contribution in [1.82, 2.24) is 0 Å². The Bertz CT molecular complexity index is 617. The van der Waals surface area contributed by atoms with Gasteiger partial charge in [-0.2, -0.15) is 13.2 Å². The van der Waals surface area contributed by atoms with Crippen molar-refractivity contribution in [2.75, 3.05) is 0 Å². The van der Waals surface area contributed by atoms with Crippen molar-refractivity contribution in [3.05, 3.63) is 70.5 Å². The summed E-state index contributed by atoms with van der Waals surface area (Å²) in [6, 6.07) is 10.6. The van der Waals surface area contributed by atoms with Crippen molar-refractivity contribution in [2.45, 2.75) is 24.3 Å². The molecule has 2 aromatic rings. The second kappa shape index (κ2) is 6.18. The molecule has 0 amide bonds. The van der Waals surface area contributed by atoms with Gasteiger partial charge in [0.1, 0.15) is 5.82 Å². The minimum atomic E-state index is -4.70. The number of alkyl halides is 4. The molecule has 0 aromatic heterocycles. The number of hydrogen-bond acceptors (Lipinski definition) is 0. The van der Waals surface area contributed by atoms with Crippen LogP contribution in [0.3, 0.4) is 0 Å². The fourth-order valence-corrected chi connectivity index (χ4v) is 2.62. The average molecular weight is 361 g/mol. The topological polar surface area (TPSA) is 0 Å². The number of halogens is 5. The van der Waals surface area contributed by atoms with Gasteiger partial charge in [-0.15, -0.1) is 0 Å². The summed E-state index contributed by atoms with van der Waals surface area (Å²) in [5, 5.41) is 0. The molecule has 112 valence electrons. The quantitative estimate of drug-likeness (QED) is 0.472. The lowest BCUT2D eigenvalue weighted by Crippen LogP contribution is -2.09. The van der Waals surface area contributed by atoms with Crippen LogP contribution < -0.4 is 0 Å². The Morgan fingerprint density at radius 2 is 1.57 bits per heavy atom. The van der Waals surface area contributed by atoms with Crippen LogP contribution in [0.25, 0.3) is 0 Å². The van der Waals surface area contributed by atoms with Crippen LogP contribution in [-0.2, 0) is 12.6 Å². The highest BCUT2D eigenvalue weighted by atomic mass is 79.9. The Hall–Kier alpha value is -1.36. The predicted octanol–water partition coefficient (Wildman–Crippen LogP) is 5.89. The molecule has 0 saturated heterocycles. The maximum absolute atomic E-state index is 13.3. The molecule has 5 heteroatoms. The summed E-state index contributed by atoms with van der Waals surface area (Å²) < 4.78 is 51.5. The summed E-state index contributed by atoms with van der Waals surface area (Å²) in [4.78, 5) is -0.412. The van der Waals surface area contributed by atoms with Crippen LogP contribution in [0.15, 0.2) is 42.5 Å². The maximum Gasteiger partial charge on any atom is 0.419 e. The van der Waals surface area contributed by atoms with Crippen molar-refractivity contribution in [3.63, 3.8) is 0 Å². The number of hydrogen-bond donors (Lipinski definition) is 0. The lowest BCUT2D eigenvalue weighted by molar-refractivity contribution is -0.140. The van der Waals surface area contributed by atoms with E-state index in [4.69, 9.17) is 0 Å². The molecule has 2 aromatic carbocycles. The SMILES string of the molecule is CCc1ccc(C(Br)c2ccc(F)c(C(F)(F)F)c2)cc1. The smallest absolute Gasteiger partial charge is 0.206 e. The van der Waals surface area contributed by atoms with Crippen molar-refractivity contribution < 1.29 is 17.6 Å². The Labute approximate surface area is 128 Å². The third-order valence-corrected chi connectivity index (χ3v) is 4.33. The molecule has 21 heavy (non-hydrogen) atoms. The molecule has 0 fully saturated rings. The van der Waals surface area contributed by atoms with E-state index in [1.165, 1.54) is 6.07 Å². The van der Waals surface area contributed by atoms with E-state index in [1.807, 2.05) is 31.2 Å². The lowest BCUT2D eigenvalue weighted by Gasteiger charge is -2.14. The van der Waals surface area contributed by atoms with E-state index in [0.717, 1.165) is 29.7 Å². The van der Waals surface area contributed by atoms with Crippen LogP contribution in [0.1, 0.15) is 34.0 Å². The highest BCUT2D eigenvalue weighted by Crippen LogP contribution is 2.37. The molecule has 2 rings (SSSR count). The molecule has 1 unspecified atom stereocenters. The van der Waals surface area contributed by atoms with E-state index in [2.05, 4.69) is 15.9 Å². The Kier molecular flexibility index (Phi) is 4.71. The zero-order valence-corrected chi connectivity index (χ0v) is 12.8. The molecule has 1 atom stereocenters. The van der Waals surface area contributed by atoms with Crippen molar-refractivity contribution in [2.24, 2.45) is 0 Å². The average Bonchev–Trinajstić information content (AvgIpc) is 2.46. The molecule has 0 aliphatic rings. The summed E-state index contributed by atoms with van der Waals surface area (Å²) in [6.07, 6.45) is -3.80. The van der Waals surface area contributed by atoms with Gasteiger partial charge in [0.2, 0.25) is 0 Å². The molecular formula is C16H13BrF4. The van der Waals surface area contributed by atoms with E-state index in [-0.39, 0.29) is 0 Å². The van der Waals surface area contributed by atoms with Crippen LogP contribution >= 0.6 is 15.9 Å². The zero-order chi connectivity index (χ0) is 15.6.